The number of nitrogens with zero attached hydrogens (tertiary/aromatic N) is 1. The molecule has 104 valence electrons. The van der Waals surface area contributed by atoms with Crippen LogP contribution >= 0.6 is 0 Å². The number of hydrogen-bond acceptors (Lipinski definition) is 2. The minimum Gasteiger partial charge on any atom is -0.367 e. The number of benzene rings is 1. The summed E-state index contributed by atoms with van der Waals surface area (Å²) in [4.78, 5) is 2.49. The molecule has 0 saturated heterocycles. The molecule has 1 N–H and O–H groups in total. The van der Waals surface area contributed by atoms with Crippen LogP contribution in [-0.2, 0) is 0 Å². The Morgan fingerprint density at radius 1 is 1.05 bits per heavy atom. The SMILES string of the molecule is CCC1=C(CC)N(c2c(C)cc(C)cc2C)C(C)N1. The lowest BCUT2D eigenvalue weighted by atomic mass is 10.0. The van der Waals surface area contributed by atoms with E-state index >= 15 is 0 Å². The maximum absolute atomic E-state index is 3.63. The third-order valence-corrected chi connectivity index (χ3v) is 3.97. The molecule has 1 aliphatic heterocycles. The summed E-state index contributed by atoms with van der Waals surface area (Å²) in [6, 6.07) is 4.57. The summed E-state index contributed by atoms with van der Waals surface area (Å²) in [6.07, 6.45) is 2.51. The molecule has 2 rings (SSSR count). The molecule has 1 heterocycles. The maximum atomic E-state index is 3.63. The average Bonchev–Trinajstić information content (AvgIpc) is 2.65. The van der Waals surface area contributed by atoms with Crippen molar-refractivity contribution in [2.24, 2.45) is 0 Å². The Labute approximate surface area is 117 Å². The molecule has 0 amide bonds. The van der Waals surface area contributed by atoms with Crippen molar-refractivity contribution in [3.8, 4) is 0 Å². The monoisotopic (exact) mass is 258 g/mol. The molecule has 1 aliphatic rings. The van der Waals surface area contributed by atoms with Gasteiger partial charge in [0.25, 0.3) is 0 Å². The molecule has 0 bridgehead atoms. The van der Waals surface area contributed by atoms with Gasteiger partial charge < -0.3 is 10.2 Å². The fourth-order valence-corrected chi connectivity index (χ4v) is 3.35. The van der Waals surface area contributed by atoms with Crippen molar-refractivity contribution in [3.05, 3.63) is 40.2 Å². The lowest BCUT2D eigenvalue weighted by Crippen LogP contribution is -2.35. The number of nitrogens with one attached hydrogen (secondary N) is 1. The van der Waals surface area contributed by atoms with E-state index in [0.29, 0.717) is 6.17 Å². The van der Waals surface area contributed by atoms with E-state index in [4.69, 9.17) is 0 Å². The normalized spacial score (nSPS) is 19.1. The van der Waals surface area contributed by atoms with Gasteiger partial charge in [-0.3, -0.25) is 0 Å². The van der Waals surface area contributed by atoms with E-state index in [1.54, 1.807) is 0 Å². The minimum absolute atomic E-state index is 0.352. The Balaban J connectivity index is 2.55. The van der Waals surface area contributed by atoms with E-state index in [1.165, 1.54) is 33.8 Å². The van der Waals surface area contributed by atoms with Gasteiger partial charge in [-0.25, -0.2) is 0 Å². The molecule has 0 aliphatic carbocycles. The second-order valence-electron chi connectivity index (χ2n) is 5.57. The molecule has 19 heavy (non-hydrogen) atoms. The fourth-order valence-electron chi connectivity index (χ4n) is 3.35. The number of hydrogen-bond donors (Lipinski definition) is 1. The van der Waals surface area contributed by atoms with Crippen molar-refractivity contribution in [3.63, 3.8) is 0 Å². The van der Waals surface area contributed by atoms with Gasteiger partial charge >= 0.3 is 0 Å². The molecule has 0 radical (unpaired) electrons. The first-order chi connectivity index (χ1) is 8.99. The molecular weight excluding hydrogens is 232 g/mol. The first-order valence-electron chi connectivity index (χ1n) is 7.35. The van der Waals surface area contributed by atoms with E-state index in [9.17, 15) is 0 Å². The molecule has 0 aromatic heterocycles. The third kappa shape index (κ3) is 2.36. The van der Waals surface area contributed by atoms with E-state index in [2.05, 4.69) is 63.9 Å². The first kappa shape index (κ1) is 14.0. The molecule has 1 unspecified atom stereocenters. The standard InChI is InChI=1S/C17H26N2/c1-7-15-16(8-2)19(14(6)18-15)17-12(4)9-11(3)10-13(17)5/h9-10,14,18H,7-8H2,1-6H3. The Morgan fingerprint density at radius 2 is 1.63 bits per heavy atom. The van der Waals surface area contributed by atoms with Crippen molar-refractivity contribution in [1.82, 2.24) is 5.32 Å². The van der Waals surface area contributed by atoms with E-state index in [0.717, 1.165) is 12.8 Å². The van der Waals surface area contributed by atoms with Gasteiger partial charge in [0.2, 0.25) is 0 Å². The van der Waals surface area contributed by atoms with Gasteiger partial charge in [-0.1, -0.05) is 31.5 Å². The van der Waals surface area contributed by atoms with Crippen molar-refractivity contribution in [1.29, 1.82) is 0 Å². The van der Waals surface area contributed by atoms with E-state index in [1.807, 2.05) is 0 Å². The maximum Gasteiger partial charge on any atom is 0.100 e. The number of aryl methyl sites for hydroxylation is 3. The topological polar surface area (TPSA) is 15.3 Å². The van der Waals surface area contributed by atoms with Gasteiger partial charge in [-0.2, -0.15) is 0 Å². The predicted octanol–water partition coefficient (Wildman–Crippen LogP) is 4.40. The van der Waals surface area contributed by atoms with Gasteiger partial charge in [0.05, 0.1) is 0 Å². The van der Waals surface area contributed by atoms with Crippen LogP contribution in [0.5, 0.6) is 0 Å². The molecule has 1 atom stereocenters. The lowest BCUT2D eigenvalue weighted by molar-refractivity contribution is 0.647. The largest absolute Gasteiger partial charge is 0.367 e. The quantitative estimate of drug-likeness (QED) is 0.864. The molecule has 2 nitrogen and oxygen atoms in total. The number of allylic oxidation sites excluding steroid dienone is 2. The highest BCUT2D eigenvalue weighted by Gasteiger charge is 2.29. The lowest BCUT2D eigenvalue weighted by Gasteiger charge is -2.30. The Kier molecular flexibility index (Phi) is 3.88. The highest BCUT2D eigenvalue weighted by Crippen LogP contribution is 2.35. The van der Waals surface area contributed by atoms with Crippen LogP contribution in [-0.4, -0.2) is 6.17 Å². The predicted molar refractivity (Wildman–Crippen MR) is 83.3 cm³/mol. The van der Waals surface area contributed by atoms with Crippen molar-refractivity contribution < 1.29 is 0 Å². The van der Waals surface area contributed by atoms with Crippen molar-refractivity contribution in [2.45, 2.75) is 60.5 Å². The van der Waals surface area contributed by atoms with Gasteiger partial charge in [0.1, 0.15) is 6.17 Å². The zero-order chi connectivity index (χ0) is 14.2. The molecule has 0 fully saturated rings. The van der Waals surface area contributed by atoms with Gasteiger partial charge in [-0.15, -0.1) is 0 Å². The van der Waals surface area contributed by atoms with Crippen LogP contribution in [0.2, 0.25) is 0 Å². The van der Waals surface area contributed by atoms with Crippen molar-refractivity contribution in [2.75, 3.05) is 4.90 Å². The van der Waals surface area contributed by atoms with Crippen LogP contribution in [0, 0.1) is 20.8 Å². The second-order valence-corrected chi connectivity index (χ2v) is 5.57. The zero-order valence-corrected chi connectivity index (χ0v) is 13.1. The summed E-state index contributed by atoms with van der Waals surface area (Å²) in [5, 5.41) is 3.63. The second kappa shape index (κ2) is 5.28. The van der Waals surface area contributed by atoms with Crippen LogP contribution in [0.4, 0.5) is 5.69 Å². The van der Waals surface area contributed by atoms with Crippen molar-refractivity contribution >= 4 is 5.69 Å². The Hall–Kier alpha value is -1.44. The number of rotatable bonds is 3. The highest BCUT2D eigenvalue weighted by atomic mass is 15.3. The zero-order valence-electron chi connectivity index (χ0n) is 13.1. The first-order valence-corrected chi connectivity index (χ1v) is 7.35. The van der Waals surface area contributed by atoms with Crippen LogP contribution in [0.1, 0.15) is 50.3 Å². The average molecular weight is 258 g/mol. The van der Waals surface area contributed by atoms with Crippen LogP contribution in [0.15, 0.2) is 23.5 Å². The molecule has 1 aromatic carbocycles. The van der Waals surface area contributed by atoms with Gasteiger partial charge in [-0.05, 0) is 51.7 Å². The van der Waals surface area contributed by atoms with Crippen LogP contribution in [0.25, 0.3) is 0 Å². The van der Waals surface area contributed by atoms with E-state index in [-0.39, 0.29) is 0 Å². The molecule has 0 saturated carbocycles. The summed E-state index contributed by atoms with van der Waals surface area (Å²) in [5.41, 5.74) is 8.31. The molecule has 1 aromatic rings. The Bertz CT molecular complexity index is 491. The summed E-state index contributed by atoms with van der Waals surface area (Å²) >= 11 is 0. The highest BCUT2D eigenvalue weighted by molar-refractivity contribution is 5.65. The molecule has 2 heteroatoms. The minimum atomic E-state index is 0.352. The molecular formula is C17H26N2. The summed E-state index contributed by atoms with van der Waals surface area (Å²) in [5.74, 6) is 0. The smallest absolute Gasteiger partial charge is 0.100 e. The van der Waals surface area contributed by atoms with E-state index < -0.39 is 0 Å². The summed E-state index contributed by atoms with van der Waals surface area (Å²) in [7, 11) is 0. The fraction of sp³-hybridized carbons (Fsp3) is 0.529. The number of anilines is 1. The van der Waals surface area contributed by atoms with Crippen LogP contribution in [0.3, 0.4) is 0 Å². The Morgan fingerprint density at radius 3 is 2.11 bits per heavy atom. The summed E-state index contributed by atoms with van der Waals surface area (Å²) in [6.45, 7) is 13.3. The van der Waals surface area contributed by atoms with Gasteiger partial charge in [0.15, 0.2) is 0 Å². The molecule has 0 spiro atoms. The summed E-state index contributed by atoms with van der Waals surface area (Å²) < 4.78 is 0. The van der Waals surface area contributed by atoms with Gasteiger partial charge in [0, 0.05) is 17.1 Å². The third-order valence-electron chi connectivity index (χ3n) is 3.97. The van der Waals surface area contributed by atoms with Crippen LogP contribution < -0.4 is 10.2 Å².